The topological polar surface area (TPSA) is 74.6 Å². The molecule has 0 bridgehead atoms. The first kappa shape index (κ1) is 37.4. The number of ketones is 2. The summed E-state index contributed by atoms with van der Waals surface area (Å²) in [5.74, 6) is 0.362. The van der Waals surface area contributed by atoms with E-state index in [1.165, 1.54) is 89.9 Å². The molecule has 0 spiro atoms. The van der Waals surface area contributed by atoms with Gasteiger partial charge < -0.3 is 10.2 Å². The third-order valence-corrected chi connectivity index (χ3v) is 7.92. The maximum atomic E-state index is 12.1. The zero-order valence-electron chi connectivity index (χ0n) is 27.3. The Bertz CT molecular complexity index is 929. The number of carbonyl (C=O) groups excluding carboxylic acids is 2. The Kier molecular flexibility index (Phi) is 21.3. The first-order valence-electron chi connectivity index (χ1n) is 17.0. The van der Waals surface area contributed by atoms with Crippen molar-refractivity contribution in [2.45, 2.75) is 156 Å². The van der Waals surface area contributed by atoms with Gasteiger partial charge in [-0.05, 0) is 51.0 Å². The number of hydrogen-bond donors (Lipinski definition) is 2. The summed E-state index contributed by atoms with van der Waals surface area (Å²) in [6, 6.07) is 10.4. The summed E-state index contributed by atoms with van der Waals surface area (Å²) in [6.45, 7) is 8.36. The largest absolute Gasteiger partial charge is 0.507 e. The summed E-state index contributed by atoms with van der Waals surface area (Å²) in [5, 5.41) is 19.5. The molecule has 0 saturated carbocycles. The van der Waals surface area contributed by atoms with Crippen LogP contribution in [0.5, 0.6) is 11.5 Å². The van der Waals surface area contributed by atoms with E-state index in [-0.39, 0.29) is 23.1 Å². The Morgan fingerprint density at radius 2 is 0.762 bits per heavy atom. The molecule has 0 amide bonds. The van der Waals surface area contributed by atoms with E-state index in [1.54, 1.807) is 24.3 Å². The van der Waals surface area contributed by atoms with Crippen LogP contribution in [0.2, 0.25) is 0 Å². The molecule has 2 N–H and O–H groups in total. The van der Waals surface area contributed by atoms with Crippen molar-refractivity contribution in [2.75, 3.05) is 0 Å². The van der Waals surface area contributed by atoms with E-state index in [9.17, 15) is 19.8 Å². The number of aryl methyl sites for hydroxylation is 2. The average Bonchev–Trinajstić information content (AvgIpc) is 2.98. The number of aromatic hydroxyl groups is 2. The third-order valence-electron chi connectivity index (χ3n) is 7.92. The first-order chi connectivity index (χ1) is 20.3. The highest BCUT2D eigenvalue weighted by Gasteiger charge is 2.11. The van der Waals surface area contributed by atoms with Gasteiger partial charge in [-0.3, -0.25) is 9.59 Å². The van der Waals surface area contributed by atoms with E-state index in [1.807, 2.05) is 26.0 Å². The van der Waals surface area contributed by atoms with Crippen molar-refractivity contribution in [1.29, 1.82) is 0 Å². The SMILES string of the molecule is CCCCCCCCCCCC(=O)c1cc(C)ccc1O.CCCCCCCCCCCC(=O)c1cc(C)ccc1O. The van der Waals surface area contributed by atoms with Gasteiger partial charge in [0.2, 0.25) is 0 Å². The number of phenolic OH excluding ortho intramolecular Hbond substituents is 2. The Morgan fingerprint density at radius 3 is 1.07 bits per heavy atom. The predicted molar refractivity (Wildman–Crippen MR) is 178 cm³/mol. The number of unbranched alkanes of at least 4 members (excludes halogenated alkanes) is 16. The second kappa shape index (κ2) is 23.9. The van der Waals surface area contributed by atoms with Gasteiger partial charge in [-0.25, -0.2) is 0 Å². The van der Waals surface area contributed by atoms with Gasteiger partial charge in [0, 0.05) is 12.8 Å². The highest BCUT2D eigenvalue weighted by atomic mass is 16.3. The van der Waals surface area contributed by atoms with E-state index in [2.05, 4.69) is 13.8 Å². The summed E-state index contributed by atoms with van der Waals surface area (Å²) < 4.78 is 0. The number of benzene rings is 2. The van der Waals surface area contributed by atoms with Crippen molar-refractivity contribution >= 4 is 11.6 Å². The second-order valence-corrected chi connectivity index (χ2v) is 12.0. The number of hydrogen-bond acceptors (Lipinski definition) is 4. The van der Waals surface area contributed by atoms with Gasteiger partial charge in [-0.2, -0.15) is 0 Å². The van der Waals surface area contributed by atoms with Crippen LogP contribution in [0.3, 0.4) is 0 Å². The Hall–Kier alpha value is -2.62. The maximum absolute atomic E-state index is 12.1. The molecule has 4 heteroatoms. The smallest absolute Gasteiger partial charge is 0.166 e. The van der Waals surface area contributed by atoms with Crippen molar-refractivity contribution in [3.63, 3.8) is 0 Å². The van der Waals surface area contributed by atoms with Crippen LogP contribution in [0.4, 0.5) is 0 Å². The van der Waals surface area contributed by atoms with Crippen LogP contribution in [0.1, 0.15) is 174 Å². The molecular formula is C38H60O4. The normalized spacial score (nSPS) is 10.8. The lowest BCUT2D eigenvalue weighted by molar-refractivity contribution is 0.0968. The van der Waals surface area contributed by atoms with E-state index < -0.39 is 0 Å². The number of carbonyl (C=O) groups is 2. The quantitative estimate of drug-likeness (QED) is 0.107. The van der Waals surface area contributed by atoms with Crippen LogP contribution in [-0.2, 0) is 0 Å². The minimum absolute atomic E-state index is 0.0687. The molecule has 2 rings (SSSR count). The predicted octanol–water partition coefficient (Wildman–Crippen LogP) is 11.6. The first-order valence-corrected chi connectivity index (χ1v) is 17.0. The van der Waals surface area contributed by atoms with Gasteiger partial charge in [-0.1, -0.05) is 140 Å². The molecule has 0 radical (unpaired) electrons. The van der Waals surface area contributed by atoms with E-state index >= 15 is 0 Å². The summed E-state index contributed by atoms with van der Waals surface area (Å²) in [6.07, 6.45) is 23.6. The van der Waals surface area contributed by atoms with E-state index in [4.69, 9.17) is 0 Å². The second-order valence-electron chi connectivity index (χ2n) is 12.0. The van der Waals surface area contributed by atoms with E-state index in [0.717, 1.165) is 36.8 Å². The molecule has 2 aromatic rings. The minimum Gasteiger partial charge on any atom is -0.507 e. The van der Waals surface area contributed by atoms with Crippen molar-refractivity contribution in [3.05, 3.63) is 58.7 Å². The zero-order valence-corrected chi connectivity index (χ0v) is 27.3. The zero-order chi connectivity index (χ0) is 31.0. The molecular weight excluding hydrogens is 520 g/mol. The van der Waals surface area contributed by atoms with Gasteiger partial charge in [0.05, 0.1) is 11.1 Å². The average molecular weight is 581 g/mol. The molecule has 0 atom stereocenters. The van der Waals surface area contributed by atoms with E-state index in [0.29, 0.717) is 24.0 Å². The molecule has 0 aromatic heterocycles. The number of Topliss-reactive ketones (excluding diaryl/α,β-unsaturated/α-hetero) is 2. The van der Waals surface area contributed by atoms with Crippen LogP contribution in [0.15, 0.2) is 36.4 Å². The van der Waals surface area contributed by atoms with Crippen LogP contribution in [0.25, 0.3) is 0 Å². The standard InChI is InChI=1S/2C19H30O2/c2*1-3-4-5-6-7-8-9-10-11-12-18(20)17-15-16(2)13-14-19(17)21/h2*13-15,21H,3-12H2,1-2H3. The summed E-state index contributed by atoms with van der Waals surface area (Å²) in [7, 11) is 0. The van der Waals surface area contributed by atoms with Crippen LogP contribution < -0.4 is 0 Å². The minimum atomic E-state index is 0.0687. The van der Waals surface area contributed by atoms with Crippen molar-refractivity contribution < 1.29 is 19.8 Å². The molecule has 236 valence electrons. The highest BCUT2D eigenvalue weighted by Crippen LogP contribution is 2.22. The summed E-state index contributed by atoms with van der Waals surface area (Å²) in [4.78, 5) is 24.1. The number of rotatable bonds is 22. The fourth-order valence-electron chi connectivity index (χ4n) is 5.21. The van der Waals surface area contributed by atoms with Crippen molar-refractivity contribution in [2.24, 2.45) is 0 Å². The molecule has 0 heterocycles. The Morgan fingerprint density at radius 1 is 0.476 bits per heavy atom. The van der Waals surface area contributed by atoms with Crippen LogP contribution in [-0.4, -0.2) is 21.8 Å². The highest BCUT2D eigenvalue weighted by molar-refractivity contribution is 5.99. The van der Waals surface area contributed by atoms with Gasteiger partial charge in [0.25, 0.3) is 0 Å². The monoisotopic (exact) mass is 580 g/mol. The lowest BCUT2D eigenvalue weighted by atomic mass is 10.0. The third kappa shape index (κ3) is 17.4. The van der Waals surface area contributed by atoms with Crippen molar-refractivity contribution in [3.8, 4) is 11.5 Å². The maximum Gasteiger partial charge on any atom is 0.166 e. The molecule has 0 unspecified atom stereocenters. The van der Waals surface area contributed by atoms with Crippen molar-refractivity contribution in [1.82, 2.24) is 0 Å². The summed E-state index contributed by atoms with van der Waals surface area (Å²) >= 11 is 0. The molecule has 0 fully saturated rings. The van der Waals surface area contributed by atoms with Gasteiger partial charge in [0.15, 0.2) is 11.6 Å². The molecule has 4 nitrogen and oxygen atoms in total. The fourth-order valence-corrected chi connectivity index (χ4v) is 5.21. The van der Waals surface area contributed by atoms with Crippen LogP contribution >= 0.6 is 0 Å². The molecule has 2 aromatic carbocycles. The lowest BCUT2D eigenvalue weighted by Crippen LogP contribution is -2.00. The molecule has 0 aliphatic carbocycles. The number of phenols is 2. The molecule has 0 saturated heterocycles. The Labute approximate surface area is 257 Å². The van der Waals surface area contributed by atoms with Gasteiger partial charge in [-0.15, -0.1) is 0 Å². The van der Waals surface area contributed by atoms with Crippen LogP contribution in [0, 0.1) is 13.8 Å². The molecule has 42 heavy (non-hydrogen) atoms. The van der Waals surface area contributed by atoms with Gasteiger partial charge in [0.1, 0.15) is 11.5 Å². The van der Waals surface area contributed by atoms with Gasteiger partial charge >= 0.3 is 0 Å². The summed E-state index contributed by atoms with van der Waals surface area (Å²) in [5.41, 5.74) is 3.00. The fraction of sp³-hybridized carbons (Fsp3) is 0.632. The molecule has 0 aliphatic heterocycles. The lowest BCUT2D eigenvalue weighted by Gasteiger charge is -2.05. The molecule has 0 aliphatic rings. The Balaban J connectivity index is 0.000000420.